The summed E-state index contributed by atoms with van der Waals surface area (Å²) in [4.78, 5) is 20.9. The molecule has 0 aliphatic rings. The van der Waals surface area contributed by atoms with Gasteiger partial charge >= 0.3 is 0 Å². The number of carbonyl (C=O) groups excluding carboxylic acids is 1. The summed E-state index contributed by atoms with van der Waals surface area (Å²) in [5.74, 6) is 0.414. The number of benzene rings is 2. The Kier molecular flexibility index (Phi) is 5.75. The molecule has 0 spiro atoms. The van der Waals surface area contributed by atoms with Gasteiger partial charge in [0.25, 0.3) is 5.91 Å². The van der Waals surface area contributed by atoms with Crippen LogP contribution in [0.15, 0.2) is 67.1 Å². The van der Waals surface area contributed by atoms with Crippen molar-refractivity contribution in [1.29, 1.82) is 0 Å². The van der Waals surface area contributed by atoms with Crippen LogP contribution in [0, 0.1) is 12.7 Å². The number of methoxy groups -OCH3 is 1. The second kappa shape index (κ2) is 8.79. The van der Waals surface area contributed by atoms with E-state index in [1.165, 1.54) is 19.4 Å². The highest BCUT2D eigenvalue weighted by Crippen LogP contribution is 2.34. The lowest BCUT2D eigenvalue weighted by molar-refractivity contribution is 0.0950. The summed E-state index contributed by atoms with van der Waals surface area (Å²) in [7, 11) is 1.47. The number of pyridine rings is 2. The minimum atomic E-state index is -0.499. The van der Waals surface area contributed by atoms with Gasteiger partial charge in [-0.1, -0.05) is 6.07 Å². The molecule has 156 valence electrons. The molecule has 6 nitrogen and oxygen atoms in total. The van der Waals surface area contributed by atoms with E-state index < -0.39 is 5.82 Å². The molecule has 0 saturated carbocycles. The number of fused-ring (bicyclic) bond motifs is 1. The summed E-state index contributed by atoms with van der Waals surface area (Å²) in [6.45, 7) is 2.17. The molecule has 2 aromatic carbocycles. The average molecular weight is 417 g/mol. The van der Waals surface area contributed by atoms with Gasteiger partial charge in [0, 0.05) is 48.4 Å². The maximum absolute atomic E-state index is 14.7. The lowest BCUT2D eigenvalue weighted by Gasteiger charge is -2.14. The first-order valence-electron chi connectivity index (χ1n) is 9.63. The van der Waals surface area contributed by atoms with Crippen molar-refractivity contribution in [1.82, 2.24) is 15.3 Å². The summed E-state index contributed by atoms with van der Waals surface area (Å²) >= 11 is 0. The molecule has 0 unspecified atom stereocenters. The number of ether oxygens (including phenoxy) is 2. The summed E-state index contributed by atoms with van der Waals surface area (Å²) in [5.41, 5.74) is 2.49. The van der Waals surface area contributed by atoms with E-state index in [2.05, 4.69) is 15.3 Å². The largest absolute Gasteiger partial charge is 0.497 e. The van der Waals surface area contributed by atoms with Crippen molar-refractivity contribution in [3.8, 4) is 17.2 Å². The van der Waals surface area contributed by atoms with E-state index in [0.29, 0.717) is 40.4 Å². The highest BCUT2D eigenvalue weighted by atomic mass is 19.1. The third kappa shape index (κ3) is 4.30. The fourth-order valence-corrected chi connectivity index (χ4v) is 3.25. The molecule has 0 fully saturated rings. The lowest BCUT2D eigenvalue weighted by atomic mass is 10.1. The van der Waals surface area contributed by atoms with Crippen molar-refractivity contribution in [2.75, 3.05) is 7.11 Å². The Balaban J connectivity index is 1.61. The highest BCUT2D eigenvalue weighted by Gasteiger charge is 2.16. The van der Waals surface area contributed by atoms with Crippen molar-refractivity contribution in [3.05, 3.63) is 89.6 Å². The summed E-state index contributed by atoms with van der Waals surface area (Å²) in [6.07, 6.45) is 4.89. The van der Waals surface area contributed by atoms with E-state index in [1.54, 1.807) is 49.6 Å². The Morgan fingerprint density at radius 2 is 1.87 bits per heavy atom. The molecule has 1 N–H and O–H groups in total. The van der Waals surface area contributed by atoms with Crippen LogP contribution in [0.25, 0.3) is 10.9 Å². The lowest BCUT2D eigenvalue weighted by Crippen LogP contribution is -2.23. The predicted molar refractivity (Wildman–Crippen MR) is 115 cm³/mol. The second-order valence-electron chi connectivity index (χ2n) is 6.88. The number of rotatable bonds is 6. The fraction of sp³-hybridized carbons (Fsp3) is 0.125. The van der Waals surface area contributed by atoms with Gasteiger partial charge in [0.15, 0.2) is 0 Å². The number of hydrogen-bond acceptors (Lipinski definition) is 5. The number of amides is 1. The molecule has 0 atom stereocenters. The molecule has 0 bridgehead atoms. The summed E-state index contributed by atoms with van der Waals surface area (Å²) in [6, 6.07) is 13.4. The topological polar surface area (TPSA) is 73.3 Å². The molecule has 1 amide bonds. The Bertz CT molecular complexity index is 1250. The molecule has 0 aliphatic heterocycles. The van der Waals surface area contributed by atoms with E-state index in [-0.39, 0.29) is 11.3 Å². The van der Waals surface area contributed by atoms with Gasteiger partial charge in [0.1, 0.15) is 23.1 Å². The number of nitrogens with zero attached hydrogens (tertiary/aromatic N) is 2. The normalized spacial score (nSPS) is 10.7. The van der Waals surface area contributed by atoms with E-state index in [0.717, 1.165) is 5.56 Å². The van der Waals surface area contributed by atoms with Gasteiger partial charge in [-0.05, 0) is 42.8 Å². The van der Waals surface area contributed by atoms with Gasteiger partial charge < -0.3 is 14.8 Å². The van der Waals surface area contributed by atoms with Gasteiger partial charge in [0.05, 0.1) is 18.0 Å². The SMILES string of the molecule is COc1cc(F)c2c(Oc3cccc(C(=O)NCc4ccncc4)c3C)ccnc2c1. The summed E-state index contributed by atoms with van der Waals surface area (Å²) in [5, 5.41) is 3.14. The number of hydrogen-bond donors (Lipinski definition) is 1. The van der Waals surface area contributed by atoms with E-state index in [1.807, 2.05) is 12.1 Å². The quantitative estimate of drug-likeness (QED) is 0.487. The molecule has 0 aliphatic carbocycles. The third-order valence-electron chi connectivity index (χ3n) is 4.92. The Morgan fingerprint density at radius 1 is 1.06 bits per heavy atom. The molecule has 0 saturated heterocycles. The number of carbonyl (C=O) groups is 1. The molecule has 31 heavy (non-hydrogen) atoms. The first kappa shape index (κ1) is 20.3. The van der Waals surface area contributed by atoms with Crippen molar-refractivity contribution in [3.63, 3.8) is 0 Å². The fourth-order valence-electron chi connectivity index (χ4n) is 3.25. The third-order valence-corrected chi connectivity index (χ3v) is 4.92. The van der Waals surface area contributed by atoms with Gasteiger partial charge in [-0.25, -0.2) is 4.39 Å². The smallest absolute Gasteiger partial charge is 0.251 e. The van der Waals surface area contributed by atoms with Crippen LogP contribution in [-0.4, -0.2) is 23.0 Å². The van der Waals surface area contributed by atoms with Crippen molar-refractivity contribution in [2.24, 2.45) is 0 Å². The molecular formula is C24H20FN3O3. The van der Waals surface area contributed by atoms with Crippen LogP contribution in [0.4, 0.5) is 4.39 Å². The van der Waals surface area contributed by atoms with E-state index in [4.69, 9.17) is 9.47 Å². The second-order valence-corrected chi connectivity index (χ2v) is 6.88. The molecule has 0 radical (unpaired) electrons. The van der Waals surface area contributed by atoms with Gasteiger partial charge in [0.2, 0.25) is 0 Å². The molecule has 7 heteroatoms. The number of nitrogens with one attached hydrogen (secondary N) is 1. The van der Waals surface area contributed by atoms with Crippen LogP contribution in [-0.2, 0) is 6.54 Å². The van der Waals surface area contributed by atoms with Crippen LogP contribution >= 0.6 is 0 Å². The van der Waals surface area contributed by atoms with Crippen molar-refractivity contribution in [2.45, 2.75) is 13.5 Å². The molecule has 2 aromatic heterocycles. The minimum absolute atomic E-state index is 0.227. The zero-order valence-electron chi connectivity index (χ0n) is 17.1. The molecular weight excluding hydrogens is 397 g/mol. The number of aromatic nitrogens is 2. The van der Waals surface area contributed by atoms with Gasteiger partial charge in [-0.15, -0.1) is 0 Å². The average Bonchev–Trinajstić information content (AvgIpc) is 2.79. The van der Waals surface area contributed by atoms with Crippen LogP contribution in [0.2, 0.25) is 0 Å². The Labute approximate surface area is 178 Å². The van der Waals surface area contributed by atoms with Crippen molar-refractivity contribution < 1.29 is 18.7 Å². The van der Waals surface area contributed by atoms with E-state index in [9.17, 15) is 9.18 Å². The first-order chi connectivity index (χ1) is 15.1. The zero-order valence-corrected chi connectivity index (χ0v) is 17.1. The maximum atomic E-state index is 14.7. The van der Waals surface area contributed by atoms with Crippen LogP contribution < -0.4 is 14.8 Å². The number of halogens is 1. The first-order valence-corrected chi connectivity index (χ1v) is 9.63. The minimum Gasteiger partial charge on any atom is -0.497 e. The van der Waals surface area contributed by atoms with Gasteiger partial charge in [-0.2, -0.15) is 0 Å². The van der Waals surface area contributed by atoms with Gasteiger partial charge in [-0.3, -0.25) is 14.8 Å². The standard InChI is InChI=1S/C24H20FN3O3/c1-15-18(24(29)28-14-16-6-9-26-10-7-16)4-3-5-21(15)31-22-8-11-27-20-13-17(30-2)12-19(25)23(20)22/h3-13H,14H2,1-2H3,(H,28,29). The van der Waals surface area contributed by atoms with Crippen molar-refractivity contribution >= 4 is 16.8 Å². The monoisotopic (exact) mass is 417 g/mol. The maximum Gasteiger partial charge on any atom is 0.251 e. The molecule has 4 aromatic rings. The van der Waals surface area contributed by atoms with Crippen LogP contribution in [0.1, 0.15) is 21.5 Å². The Morgan fingerprint density at radius 3 is 2.65 bits per heavy atom. The zero-order chi connectivity index (χ0) is 21.8. The van der Waals surface area contributed by atoms with Crippen LogP contribution in [0.3, 0.4) is 0 Å². The summed E-state index contributed by atoms with van der Waals surface area (Å²) < 4.78 is 25.8. The highest BCUT2D eigenvalue weighted by molar-refractivity contribution is 5.96. The Hall–Kier alpha value is -4.00. The van der Waals surface area contributed by atoms with Crippen LogP contribution in [0.5, 0.6) is 17.2 Å². The molecule has 4 rings (SSSR count). The predicted octanol–water partition coefficient (Wildman–Crippen LogP) is 4.81. The molecule has 2 heterocycles. The van der Waals surface area contributed by atoms with E-state index >= 15 is 0 Å².